The maximum atomic E-state index is 13.7. The van der Waals surface area contributed by atoms with Crippen molar-refractivity contribution in [2.45, 2.75) is 249 Å². The van der Waals surface area contributed by atoms with Gasteiger partial charge in [0.1, 0.15) is 12.2 Å². The molecule has 0 radical (unpaired) electrons. The van der Waals surface area contributed by atoms with E-state index < -0.39 is 0 Å². The van der Waals surface area contributed by atoms with Crippen molar-refractivity contribution in [2.75, 3.05) is 39.3 Å². The summed E-state index contributed by atoms with van der Waals surface area (Å²) >= 11 is 0. The third-order valence-electron chi connectivity index (χ3n) is 24.0. The SMILES string of the molecule is CCN(CC)CCN(CCC(=O)O[C@H]1CC[C@@]2(C)C(=CCC3[C@@H]4CC[C@H]([C@H](C)CCCC(C)C)[C@@]4(C)CC[C@@H]32)C1)CCC(=O)O[C@H]1CC[C@@]2(C)C(=CCC3[C@@H]4CC[C@H]([C@H](C)CCCC(C)C)[C@@]4(C)CC[C@@H]32)C1. The first-order valence-corrected chi connectivity index (χ1v) is 31.5. The van der Waals surface area contributed by atoms with Crippen LogP contribution in [-0.4, -0.2) is 73.2 Å². The van der Waals surface area contributed by atoms with Gasteiger partial charge in [-0.3, -0.25) is 9.59 Å². The van der Waals surface area contributed by atoms with Gasteiger partial charge in [0, 0.05) is 39.0 Å². The van der Waals surface area contributed by atoms with Crippen molar-refractivity contribution in [3.63, 3.8) is 0 Å². The van der Waals surface area contributed by atoms with Gasteiger partial charge in [0.15, 0.2) is 0 Å². The summed E-state index contributed by atoms with van der Waals surface area (Å²) in [5, 5.41) is 0. The molecule has 0 spiro atoms. The molecule has 0 amide bonds. The normalized spacial score (nSPS) is 39.1. The molecule has 16 atom stereocenters. The van der Waals surface area contributed by atoms with Gasteiger partial charge in [0.2, 0.25) is 0 Å². The van der Waals surface area contributed by atoms with Crippen molar-refractivity contribution in [3.05, 3.63) is 23.3 Å². The third-order valence-corrected chi connectivity index (χ3v) is 24.0. The lowest BCUT2D eigenvalue weighted by Gasteiger charge is -2.58. The topological polar surface area (TPSA) is 59.1 Å². The van der Waals surface area contributed by atoms with E-state index in [1.807, 2.05) is 0 Å². The summed E-state index contributed by atoms with van der Waals surface area (Å²) in [6.07, 6.45) is 34.2. The Morgan fingerprint density at radius 2 is 0.944 bits per heavy atom. The predicted molar refractivity (Wildman–Crippen MR) is 299 cm³/mol. The van der Waals surface area contributed by atoms with Crippen LogP contribution in [0.25, 0.3) is 0 Å². The summed E-state index contributed by atoms with van der Waals surface area (Å²) in [5.74, 6) is 9.85. The fourth-order valence-corrected chi connectivity index (χ4v) is 19.7. The van der Waals surface area contributed by atoms with Gasteiger partial charge in [-0.15, -0.1) is 0 Å². The van der Waals surface area contributed by atoms with Crippen LogP contribution in [0.2, 0.25) is 0 Å². The molecule has 6 heteroatoms. The Labute approximate surface area is 443 Å². The van der Waals surface area contributed by atoms with Crippen molar-refractivity contribution >= 4 is 11.9 Å². The second kappa shape index (κ2) is 23.9. The molecule has 72 heavy (non-hydrogen) atoms. The minimum Gasteiger partial charge on any atom is -0.462 e. The molecule has 0 bridgehead atoms. The van der Waals surface area contributed by atoms with E-state index in [0.29, 0.717) is 36.8 Å². The summed E-state index contributed by atoms with van der Waals surface area (Å²) in [6.45, 7) is 34.7. The highest BCUT2D eigenvalue weighted by atomic mass is 16.5. The van der Waals surface area contributed by atoms with Crippen molar-refractivity contribution in [3.8, 4) is 0 Å². The third kappa shape index (κ3) is 11.9. The van der Waals surface area contributed by atoms with Gasteiger partial charge in [0.25, 0.3) is 0 Å². The van der Waals surface area contributed by atoms with Crippen LogP contribution in [0.15, 0.2) is 23.3 Å². The van der Waals surface area contributed by atoms with E-state index in [9.17, 15) is 9.59 Å². The van der Waals surface area contributed by atoms with E-state index in [2.05, 4.69) is 105 Å². The smallest absolute Gasteiger partial charge is 0.307 e. The fourth-order valence-electron chi connectivity index (χ4n) is 19.7. The Bertz CT molecular complexity index is 1740. The van der Waals surface area contributed by atoms with Gasteiger partial charge in [-0.1, -0.05) is 145 Å². The molecule has 0 heterocycles. The number of hydrogen-bond donors (Lipinski definition) is 0. The Morgan fingerprint density at radius 1 is 0.528 bits per heavy atom. The second-order valence-electron chi connectivity index (χ2n) is 28.7. The highest BCUT2D eigenvalue weighted by Crippen LogP contribution is 2.69. The highest BCUT2D eigenvalue weighted by molar-refractivity contribution is 5.70. The molecule has 6 fully saturated rings. The molecule has 0 aromatic rings. The zero-order valence-electron chi connectivity index (χ0n) is 49.0. The Hall–Kier alpha value is -1.66. The van der Waals surface area contributed by atoms with Gasteiger partial charge in [-0.05, 0) is 196 Å². The van der Waals surface area contributed by atoms with E-state index >= 15 is 0 Å². The van der Waals surface area contributed by atoms with Crippen LogP contribution in [0.5, 0.6) is 0 Å². The monoisotopic (exact) mass is 997 g/mol. The van der Waals surface area contributed by atoms with E-state index in [4.69, 9.17) is 9.47 Å². The molecule has 0 aromatic heterocycles. The molecule has 6 nitrogen and oxygen atoms in total. The summed E-state index contributed by atoms with van der Waals surface area (Å²) in [7, 11) is 0. The maximum Gasteiger partial charge on any atom is 0.307 e. The van der Waals surface area contributed by atoms with Crippen LogP contribution >= 0.6 is 0 Å². The summed E-state index contributed by atoms with van der Waals surface area (Å²) < 4.78 is 12.7. The van der Waals surface area contributed by atoms with Crippen LogP contribution in [0.4, 0.5) is 0 Å². The molecule has 8 aliphatic carbocycles. The minimum atomic E-state index is -0.0727. The van der Waals surface area contributed by atoms with Gasteiger partial charge in [-0.2, -0.15) is 0 Å². The molecular weight excluding hydrogens is 885 g/mol. The molecule has 8 aliphatic rings. The molecule has 0 N–H and O–H groups in total. The lowest BCUT2D eigenvalue weighted by Crippen LogP contribution is -2.51. The van der Waals surface area contributed by atoms with Crippen molar-refractivity contribution in [1.29, 1.82) is 0 Å². The first-order valence-electron chi connectivity index (χ1n) is 31.5. The lowest BCUT2D eigenvalue weighted by molar-refractivity contribution is -0.152. The van der Waals surface area contributed by atoms with Crippen molar-refractivity contribution < 1.29 is 19.1 Å². The number of hydrogen-bond acceptors (Lipinski definition) is 6. The van der Waals surface area contributed by atoms with Crippen LogP contribution in [0.3, 0.4) is 0 Å². The van der Waals surface area contributed by atoms with Crippen LogP contribution in [-0.2, 0) is 19.1 Å². The van der Waals surface area contributed by atoms with E-state index in [1.165, 1.54) is 103 Å². The Balaban J connectivity index is 0.802. The number of rotatable bonds is 23. The molecule has 6 saturated carbocycles. The predicted octanol–water partition coefficient (Wildman–Crippen LogP) is 16.3. The molecule has 0 saturated heterocycles. The quantitative estimate of drug-likeness (QED) is 0.0751. The van der Waals surface area contributed by atoms with Crippen LogP contribution in [0, 0.1) is 92.7 Å². The first kappa shape index (κ1) is 56.5. The number of carbonyl (C=O) groups excluding carboxylic acids is 2. The van der Waals surface area contributed by atoms with Gasteiger partial charge < -0.3 is 19.3 Å². The number of ether oxygens (including phenoxy) is 2. The number of fused-ring (bicyclic) bond motifs is 10. The zero-order valence-corrected chi connectivity index (χ0v) is 49.0. The number of nitrogens with zero attached hydrogens (tertiary/aromatic N) is 2. The summed E-state index contributed by atoms with van der Waals surface area (Å²) in [4.78, 5) is 32.2. The minimum absolute atomic E-state index is 0.0159. The number of carbonyl (C=O) groups is 2. The Morgan fingerprint density at radius 3 is 1.35 bits per heavy atom. The van der Waals surface area contributed by atoms with Crippen LogP contribution < -0.4 is 0 Å². The lowest BCUT2D eigenvalue weighted by atomic mass is 9.47. The molecule has 2 unspecified atom stereocenters. The summed E-state index contributed by atoms with van der Waals surface area (Å²) in [6, 6.07) is 0. The molecule has 0 aromatic carbocycles. The summed E-state index contributed by atoms with van der Waals surface area (Å²) in [5.41, 5.74) is 4.70. The molecule has 410 valence electrons. The van der Waals surface area contributed by atoms with Crippen molar-refractivity contribution in [2.24, 2.45) is 92.7 Å². The van der Waals surface area contributed by atoms with E-state index in [0.717, 1.165) is 136 Å². The van der Waals surface area contributed by atoms with Crippen LogP contribution in [0.1, 0.15) is 237 Å². The van der Waals surface area contributed by atoms with Gasteiger partial charge in [-0.25, -0.2) is 0 Å². The number of likely N-dealkylation sites (N-methyl/N-ethyl adjacent to an activating group) is 1. The van der Waals surface area contributed by atoms with Gasteiger partial charge in [0.05, 0.1) is 12.8 Å². The molecular formula is C66H112N2O4. The highest BCUT2D eigenvalue weighted by Gasteiger charge is 2.61. The van der Waals surface area contributed by atoms with Crippen molar-refractivity contribution in [1.82, 2.24) is 9.80 Å². The Kier molecular flexibility index (Phi) is 18.8. The average molecular weight is 998 g/mol. The van der Waals surface area contributed by atoms with E-state index in [1.54, 1.807) is 11.1 Å². The fraction of sp³-hybridized carbons (Fsp3) is 0.909. The first-order chi connectivity index (χ1) is 34.3. The molecule has 0 aliphatic heterocycles. The van der Waals surface area contributed by atoms with Gasteiger partial charge >= 0.3 is 11.9 Å². The zero-order chi connectivity index (χ0) is 51.6. The number of esters is 2. The van der Waals surface area contributed by atoms with E-state index in [-0.39, 0.29) is 35.0 Å². The average Bonchev–Trinajstić information content (AvgIpc) is 3.89. The molecule has 8 rings (SSSR count). The second-order valence-corrected chi connectivity index (χ2v) is 28.7. The standard InChI is InChI=1S/C66H112N2O4/c1-13-67(14-2)41-42-68(39-33-61(69)71-51-29-35-63(9)49(43-51)21-23-53-57-27-25-55(47(7)19-15-17-45(3)4)65(57,11)37-31-59(53)63)40-34-62(70)72-52-30-36-64(10)50(44-52)22-24-54-58-28-26-56(48(8)20-16-18-46(5)6)66(58,12)38-32-60(54)64/h21-22,45-48,51-60H,13-20,23-44H2,1-12H3/t47-,48-,51+,52+,53?,54?,55-,56-,57+,58+,59+,60+,63+,64+,65-,66-/m1/s1. The maximum absolute atomic E-state index is 13.7. The largest absolute Gasteiger partial charge is 0.462 e. The number of allylic oxidation sites excluding steroid dienone is 2.